The summed E-state index contributed by atoms with van der Waals surface area (Å²) in [6.07, 6.45) is 5.50. The van der Waals surface area contributed by atoms with Gasteiger partial charge >= 0.3 is 0 Å². The molecule has 1 aromatic carbocycles. The first-order chi connectivity index (χ1) is 8.63. The van der Waals surface area contributed by atoms with Gasteiger partial charge in [0.05, 0.1) is 0 Å². The first-order valence-corrected chi connectivity index (χ1v) is 7.61. The molecule has 0 radical (unpaired) electrons. The summed E-state index contributed by atoms with van der Waals surface area (Å²) >= 11 is 9.63. The average molecular weight is 331 g/mol. The van der Waals surface area contributed by atoms with Crippen LogP contribution in [-0.4, -0.2) is 13.1 Å². The van der Waals surface area contributed by atoms with Crippen molar-refractivity contribution in [2.24, 2.45) is 0 Å². The predicted octanol–water partition coefficient (Wildman–Crippen LogP) is 4.98. The van der Waals surface area contributed by atoms with Gasteiger partial charge in [0.1, 0.15) is 0 Å². The van der Waals surface area contributed by atoms with Gasteiger partial charge in [0.25, 0.3) is 0 Å². The van der Waals surface area contributed by atoms with Gasteiger partial charge < -0.3 is 5.32 Å². The molecule has 0 aliphatic heterocycles. The number of nitrogens with one attached hydrogen (secondary N) is 1. The third-order valence-electron chi connectivity index (χ3n) is 2.73. The Kier molecular flexibility index (Phi) is 7.64. The van der Waals surface area contributed by atoms with E-state index in [1.807, 2.05) is 12.1 Å². The maximum Gasteiger partial charge on any atom is 0.0452 e. The first-order valence-electron chi connectivity index (χ1n) is 6.43. The van der Waals surface area contributed by atoms with Crippen LogP contribution >= 0.6 is 27.5 Å². The smallest absolute Gasteiger partial charge is 0.0452 e. The third-order valence-corrected chi connectivity index (χ3v) is 3.57. The lowest BCUT2D eigenvalue weighted by Gasteiger charge is -2.06. The van der Waals surface area contributed by atoms with Crippen molar-refractivity contribution < 1.29 is 0 Å². The molecule has 100 valence electrons. The van der Waals surface area contributed by atoms with Crippen LogP contribution in [0.1, 0.15) is 32.3 Å². The molecule has 0 amide bonds. The molecule has 0 aliphatic rings. The summed E-state index contributed by atoms with van der Waals surface area (Å²) < 4.78 is 1.03. The van der Waals surface area contributed by atoms with E-state index in [9.17, 15) is 0 Å². The van der Waals surface area contributed by atoms with E-state index in [4.69, 9.17) is 11.6 Å². The fourth-order valence-electron chi connectivity index (χ4n) is 1.76. The van der Waals surface area contributed by atoms with Gasteiger partial charge in [0.2, 0.25) is 0 Å². The van der Waals surface area contributed by atoms with E-state index < -0.39 is 0 Å². The molecule has 0 saturated carbocycles. The minimum atomic E-state index is 0.834. The first kappa shape index (κ1) is 15.7. The van der Waals surface area contributed by atoms with Gasteiger partial charge in [-0.15, -0.1) is 0 Å². The highest BCUT2D eigenvalue weighted by Crippen LogP contribution is 2.23. The molecule has 1 aromatic rings. The van der Waals surface area contributed by atoms with Crippen LogP contribution in [0.3, 0.4) is 0 Å². The molecule has 1 rings (SSSR count). The summed E-state index contributed by atoms with van der Waals surface area (Å²) in [4.78, 5) is 0. The van der Waals surface area contributed by atoms with Crippen LogP contribution in [0.25, 0.3) is 0 Å². The van der Waals surface area contributed by atoms with Gasteiger partial charge in [-0.05, 0) is 57.0 Å². The zero-order chi connectivity index (χ0) is 13.4. The third kappa shape index (κ3) is 6.03. The topological polar surface area (TPSA) is 12.0 Å². The van der Waals surface area contributed by atoms with Crippen molar-refractivity contribution in [1.82, 2.24) is 5.32 Å². The van der Waals surface area contributed by atoms with Crippen LogP contribution in [0, 0.1) is 0 Å². The van der Waals surface area contributed by atoms with Crippen LogP contribution in [0.5, 0.6) is 0 Å². The van der Waals surface area contributed by atoms with Gasteiger partial charge in [0.15, 0.2) is 0 Å². The van der Waals surface area contributed by atoms with Crippen molar-refractivity contribution in [3.63, 3.8) is 0 Å². The number of hydrogen-bond acceptors (Lipinski definition) is 1. The molecule has 0 bridgehead atoms. The quantitative estimate of drug-likeness (QED) is 0.549. The largest absolute Gasteiger partial charge is 0.316 e. The van der Waals surface area contributed by atoms with Crippen molar-refractivity contribution in [3.8, 4) is 0 Å². The molecule has 18 heavy (non-hydrogen) atoms. The molecule has 1 N–H and O–H groups in total. The zero-order valence-corrected chi connectivity index (χ0v) is 13.4. The van der Waals surface area contributed by atoms with E-state index in [1.54, 1.807) is 0 Å². The summed E-state index contributed by atoms with van der Waals surface area (Å²) in [6, 6.07) is 6.07. The second kappa shape index (κ2) is 8.73. The minimum absolute atomic E-state index is 0.834. The van der Waals surface area contributed by atoms with E-state index in [2.05, 4.69) is 47.2 Å². The average Bonchev–Trinajstić information content (AvgIpc) is 2.32. The standard InChI is InChI=1S/C15H21BrClN/c1-3-8-18-9-4-5-12(2)10-13-6-7-14(16)11-15(13)17/h5-7,11,18H,3-4,8-10H2,1-2H3/b12-5-. The normalized spacial score (nSPS) is 11.9. The van der Waals surface area contributed by atoms with E-state index in [0.29, 0.717) is 0 Å². The van der Waals surface area contributed by atoms with Gasteiger partial charge in [0, 0.05) is 9.50 Å². The van der Waals surface area contributed by atoms with Crippen molar-refractivity contribution in [1.29, 1.82) is 0 Å². The van der Waals surface area contributed by atoms with Crippen LogP contribution < -0.4 is 5.32 Å². The highest BCUT2D eigenvalue weighted by atomic mass is 79.9. The number of rotatable bonds is 7. The van der Waals surface area contributed by atoms with Gasteiger partial charge in [-0.3, -0.25) is 0 Å². The van der Waals surface area contributed by atoms with E-state index >= 15 is 0 Å². The van der Waals surface area contributed by atoms with Crippen LogP contribution in [-0.2, 0) is 6.42 Å². The lowest BCUT2D eigenvalue weighted by atomic mass is 10.1. The molecule has 0 heterocycles. The Balaban J connectivity index is 2.43. The highest BCUT2D eigenvalue weighted by molar-refractivity contribution is 9.10. The lowest BCUT2D eigenvalue weighted by molar-refractivity contribution is 0.677. The Morgan fingerprint density at radius 3 is 2.83 bits per heavy atom. The van der Waals surface area contributed by atoms with Gasteiger partial charge in [-0.1, -0.05) is 52.2 Å². The Morgan fingerprint density at radius 1 is 1.39 bits per heavy atom. The van der Waals surface area contributed by atoms with Crippen molar-refractivity contribution >= 4 is 27.5 Å². The van der Waals surface area contributed by atoms with Crippen molar-refractivity contribution in [2.45, 2.75) is 33.1 Å². The van der Waals surface area contributed by atoms with Gasteiger partial charge in [-0.25, -0.2) is 0 Å². The molecule has 0 atom stereocenters. The second-order valence-electron chi connectivity index (χ2n) is 4.50. The molecule has 0 fully saturated rings. The van der Waals surface area contributed by atoms with Crippen molar-refractivity contribution in [3.05, 3.63) is 44.9 Å². The summed E-state index contributed by atoms with van der Waals surface area (Å²) in [5, 5.41) is 4.23. The molecule has 0 unspecified atom stereocenters. The molecular weight excluding hydrogens is 310 g/mol. The summed E-state index contributed by atoms with van der Waals surface area (Å²) in [5.74, 6) is 0. The Hall–Kier alpha value is -0.310. The van der Waals surface area contributed by atoms with E-state index in [-0.39, 0.29) is 0 Å². The predicted molar refractivity (Wildman–Crippen MR) is 84.4 cm³/mol. The Morgan fingerprint density at radius 2 is 2.17 bits per heavy atom. The fraction of sp³-hybridized carbons (Fsp3) is 0.467. The summed E-state index contributed by atoms with van der Waals surface area (Å²) in [7, 11) is 0. The molecule has 0 aromatic heterocycles. The second-order valence-corrected chi connectivity index (χ2v) is 5.82. The summed E-state index contributed by atoms with van der Waals surface area (Å²) in [6.45, 7) is 6.51. The maximum atomic E-state index is 6.21. The van der Waals surface area contributed by atoms with Gasteiger partial charge in [-0.2, -0.15) is 0 Å². The van der Waals surface area contributed by atoms with Crippen molar-refractivity contribution in [2.75, 3.05) is 13.1 Å². The van der Waals surface area contributed by atoms with Crippen LogP contribution in [0.4, 0.5) is 0 Å². The van der Waals surface area contributed by atoms with E-state index in [0.717, 1.165) is 35.4 Å². The highest BCUT2D eigenvalue weighted by Gasteiger charge is 2.01. The maximum absolute atomic E-state index is 6.21. The zero-order valence-electron chi connectivity index (χ0n) is 11.1. The fourth-order valence-corrected chi connectivity index (χ4v) is 2.50. The molecule has 0 spiro atoms. The summed E-state index contributed by atoms with van der Waals surface area (Å²) in [5.41, 5.74) is 2.56. The molecular formula is C15H21BrClN. The van der Waals surface area contributed by atoms with Crippen LogP contribution in [0.15, 0.2) is 34.3 Å². The monoisotopic (exact) mass is 329 g/mol. The Bertz CT molecular complexity index is 401. The Labute approximate surface area is 124 Å². The minimum Gasteiger partial charge on any atom is -0.316 e. The molecule has 0 aliphatic carbocycles. The number of benzene rings is 1. The number of hydrogen-bond donors (Lipinski definition) is 1. The lowest BCUT2D eigenvalue weighted by Crippen LogP contribution is -2.15. The van der Waals surface area contributed by atoms with E-state index in [1.165, 1.54) is 17.6 Å². The SMILES string of the molecule is CCCNCC/C=C(/C)Cc1ccc(Br)cc1Cl. The van der Waals surface area contributed by atoms with Crippen LogP contribution in [0.2, 0.25) is 5.02 Å². The molecule has 1 nitrogen and oxygen atoms in total. The molecule has 3 heteroatoms. The molecule has 0 saturated heterocycles. The number of allylic oxidation sites excluding steroid dienone is 1. The number of halogens is 2.